The summed E-state index contributed by atoms with van der Waals surface area (Å²) < 4.78 is 0. The van der Waals surface area contributed by atoms with Gasteiger partial charge in [-0.05, 0) is 25.3 Å². The molecule has 5 heteroatoms. The van der Waals surface area contributed by atoms with Crippen LogP contribution in [0.25, 0.3) is 10.9 Å². The first-order chi connectivity index (χ1) is 8.75. The molecular formula is C13H15N5. The molecule has 1 aliphatic rings. The molecule has 2 aromatic rings. The molecule has 5 nitrogen and oxygen atoms in total. The minimum Gasteiger partial charge on any atom is -0.369 e. The number of nitrogens with zero attached hydrogens (tertiary/aromatic N) is 1. The molecule has 0 saturated heterocycles. The number of benzene rings is 1. The highest BCUT2D eigenvalue weighted by Crippen LogP contribution is 2.29. The molecule has 0 spiro atoms. The second-order valence-corrected chi connectivity index (χ2v) is 4.46. The molecule has 1 aromatic heterocycles. The van der Waals surface area contributed by atoms with Gasteiger partial charge in [0.2, 0.25) is 5.96 Å². The molecule has 1 aromatic carbocycles. The maximum atomic E-state index is 7.17. The second kappa shape index (κ2) is 4.18. The zero-order valence-electron chi connectivity index (χ0n) is 9.96. The molecule has 0 unspecified atom stereocenters. The van der Waals surface area contributed by atoms with Crippen LogP contribution in [0.3, 0.4) is 0 Å². The zero-order chi connectivity index (χ0) is 12.5. The number of hydrogen-bond acceptors (Lipinski definition) is 2. The highest BCUT2D eigenvalue weighted by atomic mass is 15.3. The summed E-state index contributed by atoms with van der Waals surface area (Å²) in [4.78, 5) is 3.44. The predicted molar refractivity (Wildman–Crippen MR) is 72.8 cm³/mol. The molecule has 0 aliphatic heterocycles. The maximum absolute atomic E-state index is 7.17. The molecule has 18 heavy (non-hydrogen) atoms. The van der Waals surface area contributed by atoms with Crippen molar-refractivity contribution in [3.8, 4) is 0 Å². The SMILES string of the molecule is N=C(N)N/N=C1\CCCc2[nH]c3ccccc3c21. The third kappa shape index (κ3) is 1.73. The van der Waals surface area contributed by atoms with Crippen molar-refractivity contribution in [2.24, 2.45) is 10.8 Å². The van der Waals surface area contributed by atoms with Gasteiger partial charge in [-0.3, -0.25) is 5.41 Å². The first kappa shape index (κ1) is 10.8. The zero-order valence-corrected chi connectivity index (χ0v) is 9.96. The lowest BCUT2D eigenvalue weighted by molar-refractivity contribution is 0.811. The van der Waals surface area contributed by atoms with Crippen molar-refractivity contribution in [3.63, 3.8) is 0 Å². The first-order valence-electron chi connectivity index (χ1n) is 6.02. The number of guanidine groups is 1. The summed E-state index contributed by atoms with van der Waals surface area (Å²) in [5, 5.41) is 12.6. The van der Waals surface area contributed by atoms with E-state index in [-0.39, 0.29) is 5.96 Å². The Morgan fingerprint density at radius 3 is 3.00 bits per heavy atom. The lowest BCUT2D eigenvalue weighted by atomic mass is 9.94. The van der Waals surface area contributed by atoms with Gasteiger partial charge in [-0.2, -0.15) is 5.10 Å². The molecule has 1 aliphatic carbocycles. The molecule has 0 atom stereocenters. The summed E-state index contributed by atoms with van der Waals surface area (Å²) >= 11 is 0. The summed E-state index contributed by atoms with van der Waals surface area (Å²) in [7, 11) is 0. The quantitative estimate of drug-likeness (QED) is 0.347. The third-order valence-electron chi connectivity index (χ3n) is 3.22. The molecular weight excluding hydrogens is 226 g/mol. The molecule has 0 radical (unpaired) electrons. The Morgan fingerprint density at radius 1 is 1.33 bits per heavy atom. The van der Waals surface area contributed by atoms with E-state index in [4.69, 9.17) is 11.1 Å². The molecule has 0 saturated carbocycles. The standard InChI is InChI=1S/C13H15N5/c14-13(15)18-17-11-7-3-6-10-12(11)8-4-1-2-5-9(8)16-10/h1-2,4-5,16H,3,6-7H2,(H4,14,15,18)/b17-11+. The highest BCUT2D eigenvalue weighted by Gasteiger charge is 2.20. The average Bonchev–Trinajstić information content (AvgIpc) is 2.75. The van der Waals surface area contributed by atoms with Crippen molar-refractivity contribution in [2.45, 2.75) is 19.3 Å². The predicted octanol–water partition coefficient (Wildman–Crippen LogP) is 1.69. The van der Waals surface area contributed by atoms with E-state index in [9.17, 15) is 0 Å². The van der Waals surface area contributed by atoms with E-state index < -0.39 is 0 Å². The smallest absolute Gasteiger partial charge is 0.206 e. The van der Waals surface area contributed by atoms with Crippen LogP contribution in [0.5, 0.6) is 0 Å². The van der Waals surface area contributed by atoms with Crippen LogP contribution in [-0.2, 0) is 6.42 Å². The number of aromatic nitrogens is 1. The largest absolute Gasteiger partial charge is 0.369 e. The number of aromatic amines is 1. The minimum atomic E-state index is -0.130. The number of para-hydroxylation sites is 1. The van der Waals surface area contributed by atoms with Gasteiger partial charge in [-0.25, -0.2) is 5.43 Å². The number of aryl methyl sites for hydroxylation is 1. The van der Waals surface area contributed by atoms with Crippen molar-refractivity contribution in [3.05, 3.63) is 35.5 Å². The van der Waals surface area contributed by atoms with Crippen LogP contribution < -0.4 is 11.2 Å². The monoisotopic (exact) mass is 241 g/mol. The van der Waals surface area contributed by atoms with Crippen LogP contribution in [0.15, 0.2) is 29.4 Å². The van der Waals surface area contributed by atoms with Crippen LogP contribution in [0, 0.1) is 5.41 Å². The van der Waals surface area contributed by atoms with E-state index in [2.05, 4.69) is 27.6 Å². The number of hydrazone groups is 1. The topological polar surface area (TPSA) is 90.1 Å². The lowest BCUT2D eigenvalue weighted by Crippen LogP contribution is -2.27. The molecule has 92 valence electrons. The molecule has 5 N–H and O–H groups in total. The fraction of sp³-hybridized carbons (Fsp3) is 0.231. The van der Waals surface area contributed by atoms with Gasteiger partial charge in [-0.15, -0.1) is 0 Å². The van der Waals surface area contributed by atoms with Gasteiger partial charge in [0.05, 0.1) is 5.71 Å². The fourth-order valence-electron chi connectivity index (χ4n) is 2.51. The van der Waals surface area contributed by atoms with Crippen LogP contribution in [0.1, 0.15) is 24.1 Å². The highest BCUT2D eigenvalue weighted by molar-refractivity contribution is 6.12. The van der Waals surface area contributed by atoms with E-state index in [1.165, 1.54) is 16.6 Å². The molecule has 0 amide bonds. The van der Waals surface area contributed by atoms with Crippen molar-refractivity contribution >= 4 is 22.6 Å². The number of hydrogen-bond donors (Lipinski definition) is 4. The maximum Gasteiger partial charge on any atom is 0.206 e. The normalized spacial score (nSPS) is 16.8. The van der Waals surface area contributed by atoms with E-state index in [0.717, 1.165) is 30.5 Å². The summed E-state index contributed by atoms with van der Waals surface area (Å²) in [5.41, 5.74) is 12.3. The van der Waals surface area contributed by atoms with Crippen LogP contribution in [0.2, 0.25) is 0 Å². The minimum absolute atomic E-state index is 0.130. The number of fused-ring (bicyclic) bond motifs is 3. The second-order valence-electron chi connectivity index (χ2n) is 4.46. The molecule has 0 bridgehead atoms. The third-order valence-corrected chi connectivity index (χ3v) is 3.22. The van der Waals surface area contributed by atoms with Gasteiger partial charge in [0.15, 0.2) is 0 Å². The Balaban J connectivity index is 2.14. The number of nitrogens with two attached hydrogens (primary N) is 1. The van der Waals surface area contributed by atoms with E-state index >= 15 is 0 Å². The molecule has 0 fully saturated rings. The molecule has 1 heterocycles. The van der Waals surface area contributed by atoms with Gasteiger partial charge >= 0.3 is 0 Å². The summed E-state index contributed by atoms with van der Waals surface area (Å²) in [6.07, 6.45) is 3.02. The van der Waals surface area contributed by atoms with Gasteiger partial charge in [-0.1, -0.05) is 18.2 Å². The van der Waals surface area contributed by atoms with Gasteiger partial charge in [0.1, 0.15) is 0 Å². The Morgan fingerprint density at radius 2 is 2.17 bits per heavy atom. The van der Waals surface area contributed by atoms with Crippen LogP contribution in [0.4, 0.5) is 0 Å². The number of nitrogens with one attached hydrogen (secondary N) is 3. The lowest BCUT2D eigenvalue weighted by Gasteiger charge is -2.14. The van der Waals surface area contributed by atoms with Crippen LogP contribution >= 0.6 is 0 Å². The van der Waals surface area contributed by atoms with E-state index in [1.807, 2.05) is 12.1 Å². The van der Waals surface area contributed by atoms with E-state index in [1.54, 1.807) is 0 Å². The summed E-state index contributed by atoms with van der Waals surface area (Å²) in [6.45, 7) is 0. The summed E-state index contributed by atoms with van der Waals surface area (Å²) in [6, 6.07) is 8.22. The van der Waals surface area contributed by atoms with Gasteiger partial charge in [0.25, 0.3) is 0 Å². The number of H-pyrrole nitrogens is 1. The van der Waals surface area contributed by atoms with Crippen molar-refractivity contribution in [2.75, 3.05) is 0 Å². The van der Waals surface area contributed by atoms with E-state index in [0.29, 0.717) is 0 Å². The van der Waals surface area contributed by atoms with Crippen molar-refractivity contribution in [1.29, 1.82) is 5.41 Å². The summed E-state index contributed by atoms with van der Waals surface area (Å²) in [5.74, 6) is -0.130. The first-order valence-corrected chi connectivity index (χ1v) is 6.02. The van der Waals surface area contributed by atoms with Gasteiger partial charge < -0.3 is 10.7 Å². The van der Waals surface area contributed by atoms with Gasteiger partial charge in [0, 0.05) is 22.2 Å². The fourth-order valence-corrected chi connectivity index (χ4v) is 2.51. The Kier molecular flexibility index (Phi) is 2.51. The Bertz CT molecular complexity index is 638. The van der Waals surface area contributed by atoms with Crippen LogP contribution in [-0.4, -0.2) is 16.7 Å². The Hall–Kier alpha value is -2.30. The van der Waals surface area contributed by atoms with Crippen molar-refractivity contribution < 1.29 is 0 Å². The molecule has 3 rings (SSSR count). The average molecular weight is 241 g/mol. The van der Waals surface area contributed by atoms with Crippen molar-refractivity contribution in [1.82, 2.24) is 10.4 Å². The number of rotatable bonds is 1. The Labute approximate surface area is 105 Å².